The lowest BCUT2D eigenvalue weighted by Crippen LogP contribution is -2.01. The molecule has 0 saturated heterocycles. The topological polar surface area (TPSA) is 50.1 Å². The molecule has 1 aromatic rings. The molecule has 3 heteroatoms. The monoisotopic (exact) mass is 199 g/mol. The van der Waals surface area contributed by atoms with Crippen LogP contribution < -0.4 is 0 Å². The lowest BCUT2D eigenvalue weighted by molar-refractivity contribution is -0.136. The molecule has 0 N–H and O–H groups in total. The van der Waals surface area contributed by atoms with E-state index in [2.05, 4.69) is 16.6 Å². The number of nitriles is 1. The van der Waals surface area contributed by atoms with Crippen LogP contribution in [0.3, 0.4) is 0 Å². The zero-order chi connectivity index (χ0) is 10.9. The molecule has 0 saturated carbocycles. The highest BCUT2D eigenvalue weighted by Gasteiger charge is 1.95. The molecule has 0 aliphatic heterocycles. The lowest BCUT2D eigenvalue weighted by atomic mass is 10.2. The average Bonchev–Trinajstić information content (AvgIpc) is 2.29. The van der Waals surface area contributed by atoms with Crippen LogP contribution in [-0.2, 0) is 9.53 Å². The van der Waals surface area contributed by atoms with E-state index in [0.717, 1.165) is 5.56 Å². The third-order valence-corrected chi connectivity index (χ3v) is 1.56. The van der Waals surface area contributed by atoms with E-state index >= 15 is 0 Å². The fraction of sp³-hybridized carbons (Fsp3) is 0.167. The number of hydrogen-bond acceptors (Lipinski definition) is 3. The number of hydrogen-bond donors (Lipinski definition) is 0. The molecule has 0 fully saturated rings. The second-order valence-electron chi connectivity index (χ2n) is 2.67. The first kappa shape index (κ1) is 10.8. The summed E-state index contributed by atoms with van der Waals surface area (Å²) in [6.07, 6.45) is 0.433. The van der Waals surface area contributed by atoms with Crippen LogP contribution in [0.15, 0.2) is 30.3 Å². The van der Waals surface area contributed by atoms with Gasteiger partial charge in [-0.25, -0.2) is 4.79 Å². The molecule has 1 rings (SSSR count). The molecule has 0 bridgehead atoms. The summed E-state index contributed by atoms with van der Waals surface area (Å²) in [6, 6.07) is 10.9. The molecular weight excluding hydrogens is 190 g/mol. The Labute approximate surface area is 88.3 Å². The minimum absolute atomic E-state index is 0.159. The number of esters is 1. The SMILES string of the molecule is N#CC(=O)OCCC#Cc1ccccc1. The molecule has 74 valence electrons. The van der Waals surface area contributed by atoms with Crippen molar-refractivity contribution in [3.05, 3.63) is 35.9 Å². The van der Waals surface area contributed by atoms with Crippen molar-refractivity contribution < 1.29 is 9.53 Å². The van der Waals surface area contributed by atoms with Gasteiger partial charge in [0.15, 0.2) is 6.07 Å². The van der Waals surface area contributed by atoms with E-state index in [0.29, 0.717) is 6.42 Å². The standard InChI is InChI=1S/C12H9NO2/c13-10-12(14)15-9-5-4-8-11-6-2-1-3-7-11/h1-3,6-7H,5,9H2. The first-order valence-corrected chi connectivity index (χ1v) is 4.43. The third-order valence-electron chi connectivity index (χ3n) is 1.56. The number of benzene rings is 1. The van der Waals surface area contributed by atoms with Crippen LogP contribution in [0.2, 0.25) is 0 Å². The van der Waals surface area contributed by atoms with Gasteiger partial charge in [-0.15, -0.1) is 0 Å². The van der Waals surface area contributed by atoms with E-state index < -0.39 is 5.97 Å². The van der Waals surface area contributed by atoms with Crippen LogP contribution in [0, 0.1) is 23.2 Å². The van der Waals surface area contributed by atoms with E-state index in [-0.39, 0.29) is 6.61 Å². The Balaban J connectivity index is 2.30. The van der Waals surface area contributed by atoms with Crippen molar-refractivity contribution in [2.45, 2.75) is 6.42 Å². The van der Waals surface area contributed by atoms with E-state index in [9.17, 15) is 4.79 Å². The summed E-state index contributed by atoms with van der Waals surface area (Å²) in [5.74, 6) is 4.89. The van der Waals surface area contributed by atoms with Crippen molar-refractivity contribution in [2.24, 2.45) is 0 Å². The second kappa shape index (κ2) is 6.23. The molecule has 0 heterocycles. The van der Waals surface area contributed by atoms with Crippen LogP contribution in [0.25, 0.3) is 0 Å². The van der Waals surface area contributed by atoms with Crippen LogP contribution in [0.4, 0.5) is 0 Å². The maximum atomic E-state index is 10.4. The lowest BCUT2D eigenvalue weighted by Gasteiger charge is -1.92. The first-order chi connectivity index (χ1) is 7.33. The third kappa shape index (κ3) is 4.50. The summed E-state index contributed by atoms with van der Waals surface area (Å²) in [6.45, 7) is 0.159. The highest BCUT2D eigenvalue weighted by Crippen LogP contribution is 1.94. The summed E-state index contributed by atoms with van der Waals surface area (Å²) in [7, 11) is 0. The fourth-order valence-electron chi connectivity index (χ4n) is 0.913. The fourth-order valence-corrected chi connectivity index (χ4v) is 0.913. The normalized spacial score (nSPS) is 8.20. The molecule has 0 radical (unpaired) electrons. The Hall–Kier alpha value is -2.26. The predicted octanol–water partition coefficient (Wildman–Crippen LogP) is 1.49. The van der Waals surface area contributed by atoms with E-state index in [4.69, 9.17) is 5.26 Å². The molecule has 1 aromatic carbocycles. The quantitative estimate of drug-likeness (QED) is 0.314. The van der Waals surface area contributed by atoms with Crippen molar-refractivity contribution >= 4 is 5.97 Å². The van der Waals surface area contributed by atoms with Crippen molar-refractivity contribution in [3.63, 3.8) is 0 Å². The number of carbonyl (C=O) groups excluding carboxylic acids is 1. The van der Waals surface area contributed by atoms with Gasteiger partial charge in [-0.2, -0.15) is 5.26 Å². The van der Waals surface area contributed by atoms with E-state index in [1.807, 2.05) is 30.3 Å². The first-order valence-electron chi connectivity index (χ1n) is 4.43. The smallest absolute Gasteiger partial charge is 0.411 e. The zero-order valence-corrected chi connectivity index (χ0v) is 8.06. The summed E-state index contributed by atoms with van der Waals surface area (Å²) in [4.78, 5) is 10.4. The van der Waals surface area contributed by atoms with Gasteiger partial charge in [-0.1, -0.05) is 30.0 Å². The maximum Gasteiger partial charge on any atom is 0.411 e. The van der Waals surface area contributed by atoms with E-state index in [1.54, 1.807) is 0 Å². The Kier molecular flexibility index (Phi) is 4.50. The largest absolute Gasteiger partial charge is 0.454 e. The van der Waals surface area contributed by atoms with Crippen molar-refractivity contribution in [1.29, 1.82) is 5.26 Å². The van der Waals surface area contributed by atoms with Gasteiger partial charge in [0.25, 0.3) is 0 Å². The summed E-state index contributed by atoms with van der Waals surface area (Å²) in [5, 5.41) is 8.11. The molecule has 0 unspecified atom stereocenters. The van der Waals surface area contributed by atoms with Gasteiger partial charge in [0.05, 0.1) is 0 Å². The second-order valence-corrected chi connectivity index (χ2v) is 2.67. The van der Waals surface area contributed by atoms with Gasteiger partial charge < -0.3 is 4.74 Å². The van der Waals surface area contributed by atoms with Gasteiger partial charge >= 0.3 is 5.97 Å². The van der Waals surface area contributed by atoms with Crippen molar-refractivity contribution in [1.82, 2.24) is 0 Å². The number of ether oxygens (including phenoxy) is 1. The van der Waals surface area contributed by atoms with Gasteiger partial charge in [0.2, 0.25) is 0 Å². The van der Waals surface area contributed by atoms with Crippen LogP contribution >= 0.6 is 0 Å². The Morgan fingerprint density at radius 2 is 2.07 bits per heavy atom. The van der Waals surface area contributed by atoms with Gasteiger partial charge in [0, 0.05) is 12.0 Å². The average molecular weight is 199 g/mol. The molecule has 3 nitrogen and oxygen atoms in total. The number of rotatable bonds is 2. The maximum absolute atomic E-state index is 10.4. The Morgan fingerprint density at radius 3 is 2.73 bits per heavy atom. The molecule has 0 atom stereocenters. The van der Waals surface area contributed by atoms with Crippen LogP contribution in [0.5, 0.6) is 0 Å². The highest BCUT2D eigenvalue weighted by atomic mass is 16.5. The van der Waals surface area contributed by atoms with Crippen molar-refractivity contribution in [2.75, 3.05) is 6.61 Å². The van der Waals surface area contributed by atoms with Gasteiger partial charge in [-0.05, 0) is 12.1 Å². The molecule has 0 aliphatic carbocycles. The van der Waals surface area contributed by atoms with Gasteiger partial charge in [0.1, 0.15) is 6.61 Å². The molecule has 0 amide bonds. The van der Waals surface area contributed by atoms with Crippen LogP contribution in [-0.4, -0.2) is 12.6 Å². The van der Waals surface area contributed by atoms with Crippen molar-refractivity contribution in [3.8, 4) is 17.9 Å². The molecular formula is C12H9NO2. The minimum Gasteiger partial charge on any atom is -0.454 e. The zero-order valence-electron chi connectivity index (χ0n) is 8.06. The molecule has 15 heavy (non-hydrogen) atoms. The Morgan fingerprint density at radius 1 is 1.33 bits per heavy atom. The molecule has 0 aliphatic rings. The van der Waals surface area contributed by atoms with E-state index in [1.165, 1.54) is 6.07 Å². The molecule has 0 spiro atoms. The minimum atomic E-state index is -0.864. The Bertz CT molecular complexity index is 420. The number of carbonyl (C=O) groups is 1. The summed E-state index contributed by atoms with van der Waals surface area (Å²) in [5.41, 5.74) is 0.920. The predicted molar refractivity (Wildman–Crippen MR) is 54.5 cm³/mol. The van der Waals surface area contributed by atoms with Crippen LogP contribution in [0.1, 0.15) is 12.0 Å². The number of nitrogens with zero attached hydrogens (tertiary/aromatic N) is 1. The summed E-state index contributed by atoms with van der Waals surface area (Å²) >= 11 is 0. The van der Waals surface area contributed by atoms with Gasteiger partial charge in [-0.3, -0.25) is 0 Å². The summed E-state index contributed by atoms with van der Waals surface area (Å²) < 4.78 is 4.53. The highest BCUT2D eigenvalue weighted by molar-refractivity contribution is 5.85. The molecule has 0 aromatic heterocycles.